The molecule has 3 atom stereocenters. The summed E-state index contributed by atoms with van der Waals surface area (Å²) in [5, 5.41) is 9.94. The van der Waals surface area contributed by atoms with Crippen LogP contribution in [0.2, 0.25) is 0 Å². The first kappa shape index (κ1) is 24.6. The molecule has 7 nitrogen and oxygen atoms in total. The molecule has 0 saturated carbocycles. The van der Waals surface area contributed by atoms with Gasteiger partial charge in [-0.2, -0.15) is 0 Å². The molecule has 0 aromatic heterocycles. The average molecular weight is 462 g/mol. The van der Waals surface area contributed by atoms with Gasteiger partial charge < -0.3 is 28.4 Å². The SMILES string of the molecule is CCOP(=O)(/C=C1/O[C@H](CO)[C@@H](OCc2ccccc2)[C@@H]1OCc1ccccc1)OCC. The van der Waals surface area contributed by atoms with E-state index in [-0.39, 0.29) is 25.6 Å². The molecule has 32 heavy (non-hydrogen) atoms. The molecule has 2 aromatic carbocycles. The molecule has 1 aliphatic heterocycles. The van der Waals surface area contributed by atoms with Crippen LogP contribution in [-0.2, 0) is 41.0 Å². The monoisotopic (exact) mass is 462 g/mol. The van der Waals surface area contributed by atoms with Crippen LogP contribution in [-0.4, -0.2) is 43.2 Å². The van der Waals surface area contributed by atoms with Crippen molar-refractivity contribution in [1.82, 2.24) is 0 Å². The topological polar surface area (TPSA) is 83.5 Å². The van der Waals surface area contributed by atoms with Gasteiger partial charge >= 0.3 is 7.60 Å². The lowest BCUT2D eigenvalue weighted by Gasteiger charge is -2.22. The van der Waals surface area contributed by atoms with E-state index in [9.17, 15) is 9.67 Å². The van der Waals surface area contributed by atoms with Gasteiger partial charge in [0.05, 0.1) is 38.9 Å². The summed E-state index contributed by atoms with van der Waals surface area (Å²) >= 11 is 0. The molecule has 3 rings (SSSR count). The normalized spacial score (nSPS) is 22.2. The molecule has 0 bridgehead atoms. The van der Waals surface area contributed by atoms with E-state index in [1.165, 1.54) is 5.82 Å². The van der Waals surface area contributed by atoms with Gasteiger partial charge in [-0.15, -0.1) is 0 Å². The molecular formula is C24H31O7P. The van der Waals surface area contributed by atoms with Crippen LogP contribution in [0.5, 0.6) is 0 Å². The summed E-state index contributed by atoms with van der Waals surface area (Å²) in [6, 6.07) is 19.4. The van der Waals surface area contributed by atoms with Gasteiger partial charge in [0.2, 0.25) is 0 Å². The molecule has 174 valence electrons. The van der Waals surface area contributed by atoms with Gasteiger partial charge in [-0.1, -0.05) is 60.7 Å². The first-order valence-electron chi connectivity index (χ1n) is 10.8. The van der Waals surface area contributed by atoms with Crippen molar-refractivity contribution < 1.29 is 32.9 Å². The predicted octanol–water partition coefficient (Wildman–Crippen LogP) is 4.66. The number of rotatable bonds is 12. The van der Waals surface area contributed by atoms with Crippen LogP contribution in [0.3, 0.4) is 0 Å². The highest BCUT2D eigenvalue weighted by Gasteiger charge is 2.45. The quantitative estimate of drug-likeness (QED) is 0.460. The van der Waals surface area contributed by atoms with E-state index >= 15 is 0 Å². The number of aliphatic hydroxyl groups excluding tert-OH is 1. The minimum Gasteiger partial charge on any atom is -0.486 e. The maximum Gasteiger partial charge on any atom is 0.357 e. The Labute approximate surface area is 189 Å². The highest BCUT2D eigenvalue weighted by molar-refractivity contribution is 7.57. The third-order valence-corrected chi connectivity index (χ3v) is 6.68. The molecule has 1 N–H and O–H groups in total. The van der Waals surface area contributed by atoms with Crippen molar-refractivity contribution in [3.05, 3.63) is 83.4 Å². The zero-order valence-electron chi connectivity index (χ0n) is 18.5. The van der Waals surface area contributed by atoms with Crippen LogP contribution in [0.15, 0.2) is 72.2 Å². The number of hydrogen-bond donors (Lipinski definition) is 1. The summed E-state index contributed by atoms with van der Waals surface area (Å²) in [7, 11) is -3.55. The summed E-state index contributed by atoms with van der Waals surface area (Å²) in [6.07, 6.45) is -1.97. The number of ether oxygens (including phenoxy) is 3. The maximum absolute atomic E-state index is 13.1. The Hall–Kier alpha value is -1.99. The van der Waals surface area contributed by atoms with Crippen LogP contribution < -0.4 is 0 Å². The van der Waals surface area contributed by atoms with E-state index in [0.717, 1.165) is 11.1 Å². The van der Waals surface area contributed by atoms with Crippen molar-refractivity contribution >= 4 is 7.60 Å². The third-order valence-electron chi connectivity index (χ3n) is 4.87. The second-order valence-corrected chi connectivity index (χ2v) is 9.08. The molecule has 1 aliphatic rings. The minimum absolute atomic E-state index is 0.216. The van der Waals surface area contributed by atoms with Gasteiger partial charge in [0.15, 0.2) is 6.10 Å². The Bertz CT molecular complexity index is 878. The van der Waals surface area contributed by atoms with Crippen molar-refractivity contribution in [3.63, 3.8) is 0 Å². The Morgan fingerprint density at radius 3 is 1.94 bits per heavy atom. The van der Waals surface area contributed by atoms with Crippen molar-refractivity contribution in [2.45, 2.75) is 45.4 Å². The van der Waals surface area contributed by atoms with Crippen LogP contribution in [0.1, 0.15) is 25.0 Å². The van der Waals surface area contributed by atoms with Crippen LogP contribution >= 0.6 is 7.60 Å². The average Bonchev–Trinajstić information content (AvgIpc) is 3.13. The van der Waals surface area contributed by atoms with E-state index in [4.69, 9.17) is 23.3 Å². The molecule has 0 spiro atoms. The maximum atomic E-state index is 13.1. The molecule has 0 unspecified atom stereocenters. The van der Waals surface area contributed by atoms with Crippen LogP contribution in [0.4, 0.5) is 0 Å². The fourth-order valence-electron chi connectivity index (χ4n) is 3.44. The zero-order valence-corrected chi connectivity index (χ0v) is 19.4. The van der Waals surface area contributed by atoms with E-state index in [1.807, 2.05) is 60.7 Å². The Kier molecular flexibility index (Phi) is 9.48. The molecule has 1 fully saturated rings. The molecule has 2 aromatic rings. The van der Waals surface area contributed by atoms with E-state index in [1.54, 1.807) is 13.8 Å². The second kappa shape index (κ2) is 12.3. The van der Waals surface area contributed by atoms with Gasteiger partial charge in [-0.25, -0.2) is 0 Å². The summed E-state index contributed by atoms with van der Waals surface area (Å²) in [5.74, 6) is 1.63. The van der Waals surface area contributed by atoms with Gasteiger partial charge in [0, 0.05) is 0 Å². The van der Waals surface area contributed by atoms with Crippen LogP contribution in [0.25, 0.3) is 0 Å². The Balaban J connectivity index is 1.85. The van der Waals surface area contributed by atoms with Crippen LogP contribution in [0, 0.1) is 0 Å². The molecule has 1 saturated heterocycles. The molecule has 8 heteroatoms. The van der Waals surface area contributed by atoms with Gasteiger partial charge in [0.1, 0.15) is 18.0 Å². The highest BCUT2D eigenvalue weighted by atomic mass is 31.2. The lowest BCUT2D eigenvalue weighted by atomic mass is 10.1. The van der Waals surface area contributed by atoms with E-state index in [0.29, 0.717) is 13.2 Å². The van der Waals surface area contributed by atoms with Crippen molar-refractivity contribution in [1.29, 1.82) is 0 Å². The predicted molar refractivity (Wildman–Crippen MR) is 121 cm³/mol. The lowest BCUT2D eigenvalue weighted by molar-refractivity contribution is -0.0807. The molecule has 1 heterocycles. The number of benzene rings is 2. The first-order valence-corrected chi connectivity index (χ1v) is 12.4. The zero-order chi connectivity index (χ0) is 22.8. The van der Waals surface area contributed by atoms with Crippen molar-refractivity contribution in [2.24, 2.45) is 0 Å². The van der Waals surface area contributed by atoms with E-state index < -0.39 is 25.9 Å². The number of aliphatic hydroxyl groups is 1. The summed E-state index contributed by atoms with van der Waals surface area (Å²) in [5.41, 5.74) is 1.96. The fraction of sp³-hybridized carbons (Fsp3) is 0.417. The number of hydrogen-bond acceptors (Lipinski definition) is 7. The minimum atomic E-state index is -3.55. The highest BCUT2D eigenvalue weighted by Crippen LogP contribution is 2.52. The molecular weight excluding hydrogens is 431 g/mol. The third kappa shape index (κ3) is 6.75. The van der Waals surface area contributed by atoms with Gasteiger partial charge in [0.25, 0.3) is 0 Å². The first-order chi connectivity index (χ1) is 15.6. The smallest absolute Gasteiger partial charge is 0.357 e. The Morgan fingerprint density at radius 2 is 1.44 bits per heavy atom. The van der Waals surface area contributed by atoms with Crippen molar-refractivity contribution in [2.75, 3.05) is 19.8 Å². The summed E-state index contributed by atoms with van der Waals surface area (Å²) < 4.78 is 42.1. The lowest BCUT2D eigenvalue weighted by Crippen LogP contribution is -2.36. The molecule has 0 amide bonds. The largest absolute Gasteiger partial charge is 0.486 e. The summed E-state index contributed by atoms with van der Waals surface area (Å²) in [6.45, 7) is 4.25. The standard InChI is InChI=1S/C24H31O7P/c1-3-29-32(26,30-4-2)18-22-24(28-17-20-13-9-6-10-14-20)23(21(15-25)31-22)27-16-19-11-7-5-8-12-19/h5-14,18,21,23-25H,3-4,15-17H2,1-2H3/b22-18+/t21-,23-,24-/m1/s1. The summed E-state index contributed by atoms with van der Waals surface area (Å²) in [4.78, 5) is 0. The van der Waals surface area contributed by atoms with Gasteiger partial charge in [-0.3, -0.25) is 4.57 Å². The Morgan fingerprint density at radius 1 is 0.906 bits per heavy atom. The molecule has 0 radical (unpaired) electrons. The fourth-order valence-corrected chi connectivity index (χ4v) is 4.90. The van der Waals surface area contributed by atoms with Crippen molar-refractivity contribution in [3.8, 4) is 0 Å². The van der Waals surface area contributed by atoms with Gasteiger partial charge in [-0.05, 0) is 25.0 Å². The van der Waals surface area contributed by atoms with E-state index in [2.05, 4.69) is 0 Å². The molecule has 0 aliphatic carbocycles. The second-order valence-electron chi connectivity index (χ2n) is 7.22.